The number of hydrogen-bond acceptors (Lipinski definition) is 4. The second kappa shape index (κ2) is 7.40. The standard InChI is InChI=1S/C18H20FN3O2/c1-24-17-6-5-14(19)12-16(17)18(23)22-10-8-21(9-11-22)13-15-4-2-3-7-20-15/h2-7,12H,8-11,13H2,1H3. The fraction of sp³-hybridized carbons (Fsp3) is 0.333. The number of pyridine rings is 1. The second-order valence-corrected chi connectivity index (χ2v) is 5.73. The third-order valence-corrected chi connectivity index (χ3v) is 4.16. The molecule has 0 bridgehead atoms. The molecule has 0 aliphatic carbocycles. The highest BCUT2D eigenvalue weighted by Crippen LogP contribution is 2.22. The number of carbonyl (C=O) groups is 1. The zero-order chi connectivity index (χ0) is 16.9. The summed E-state index contributed by atoms with van der Waals surface area (Å²) in [6, 6.07) is 9.88. The third kappa shape index (κ3) is 3.71. The Hall–Kier alpha value is -2.47. The first-order valence-electron chi connectivity index (χ1n) is 7.92. The van der Waals surface area contributed by atoms with Crippen LogP contribution in [0.2, 0.25) is 0 Å². The van der Waals surface area contributed by atoms with Crippen LogP contribution in [0.1, 0.15) is 16.1 Å². The number of piperazine rings is 1. The SMILES string of the molecule is COc1ccc(F)cc1C(=O)N1CCN(Cc2ccccn2)CC1. The summed E-state index contributed by atoms with van der Waals surface area (Å²) < 4.78 is 18.7. The van der Waals surface area contributed by atoms with Gasteiger partial charge in [0.25, 0.3) is 5.91 Å². The number of nitrogens with zero attached hydrogens (tertiary/aromatic N) is 3. The van der Waals surface area contributed by atoms with Crippen LogP contribution in [0.15, 0.2) is 42.6 Å². The smallest absolute Gasteiger partial charge is 0.257 e. The first-order chi connectivity index (χ1) is 11.7. The fourth-order valence-electron chi connectivity index (χ4n) is 2.85. The molecule has 0 N–H and O–H groups in total. The van der Waals surface area contributed by atoms with Gasteiger partial charge in [0, 0.05) is 38.9 Å². The maximum Gasteiger partial charge on any atom is 0.257 e. The molecule has 1 amide bonds. The van der Waals surface area contributed by atoms with Gasteiger partial charge in [0.15, 0.2) is 0 Å². The molecule has 24 heavy (non-hydrogen) atoms. The van der Waals surface area contributed by atoms with Crippen molar-refractivity contribution in [3.8, 4) is 5.75 Å². The van der Waals surface area contributed by atoms with Crippen LogP contribution in [0, 0.1) is 5.82 Å². The van der Waals surface area contributed by atoms with Gasteiger partial charge >= 0.3 is 0 Å². The number of aromatic nitrogens is 1. The Morgan fingerprint density at radius 1 is 1.21 bits per heavy atom. The minimum absolute atomic E-state index is 0.191. The summed E-state index contributed by atoms with van der Waals surface area (Å²) in [4.78, 5) is 21.0. The predicted molar refractivity (Wildman–Crippen MR) is 88.4 cm³/mol. The normalized spacial score (nSPS) is 15.3. The highest BCUT2D eigenvalue weighted by molar-refractivity contribution is 5.97. The molecular formula is C18H20FN3O2. The van der Waals surface area contributed by atoms with Crippen LogP contribution in [0.4, 0.5) is 4.39 Å². The molecule has 0 atom stereocenters. The number of carbonyl (C=O) groups excluding carboxylic acids is 1. The van der Waals surface area contributed by atoms with Gasteiger partial charge in [0.05, 0.1) is 18.4 Å². The van der Waals surface area contributed by atoms with Crippen molar-refractivity contribution in [3.05, 3.63) is 59.7 Å². The lowest BCUT2D eigenvalue weighted by Crippen LogP contribution is -2.48. The van der Waals surface area contributed by atoms with Gasteiger partial charge in [-0.3, -0.25) is 14.7 Å². The highest BCUT2D eigenvalue weighted by atomic mass is 19.1. The number of hydrogen-bond donors (Lipinski definition) is 0. The molecule has 1 saturated heterocycles. The Balaban J connectivity index is 1.62. The zero-order valence-corrected chi connectivity index (χ0v) is 13.6. The van der Waals surface area contributed by atoms with Crippen molar-refractivity contribution in [3.63, 3.8) is 0 Å². The van der Waals surface area contributed by atoms with E-state index in [1.807, 2.05) is 18.2 Å². The maximum absolute atomic E-state index is 13.5. The third-order valence-electron chi connectivity index (χ3n) is 4.16. The summed E-state index contributed by atoms with van der Waals surface area (Å²) in [5, 5.41) is 0. The second-order valence-electron chi connectivity index (χ2n) is 5.73. The van der Waals surface area contributed by atoms with E-state index in [0.29, 0.717) is 18.8 Å². The molecule has 0 saturated carbocycles. The molecule has 1 aromatic heterocycles. The van der Waals surface area contributed by atoms with E-state index in [9.17, 15) is 9.18 Å². The number of benzene rings is 1. The first-order valence-corrected chi connectivity index (χ1v) is 7.92. The van der Waals surface area contributed by atoms with Gasteiger partial charge in [0.1, 0.15) is 11.6 Å². The number of rotatable bonds is 4. The van der Waals surface area contributed by atoms with E-state index < -0.39 is 5.82 Å². The van der Waals surface area contributed by atoms with Crippen LogP contribution < -0.4 is 4.74 Å². The fourth-order valence-corrected chi connectivity index (χ4v) is 2.85. The van der Waals surface area contributed by atoms with Crippen LogP contribution in [-0.4, -0.2) is 54.0 Å². The molecule has 0 unspecified atom stereocenters. The Morgan fingerprint density at radius 2 is 2.00 bits per heavy atom. The van der Waals surface area contributed by atoms with Crippen LogP contribution >= 0.6 is 0 Å². The van der Waals surface area contributed by atoms with E-state index >= 15 is 0 Å². The Bertz CT molecular complexity index is 701. The molecular weight excluding hydrogens is 309 g/mol. The van der Waals surface area contributed by atoms with E-state index in [2.05, 4.69) is 9.88 Å². The molecule has 3 rings (SSSR count). The lowest BCUT2D eigenvalue weighted by Gasteiger charge is -2.34. The van der Waals surface area contributed by atoms with Crippen molar-refractivity contribution in [1.29, 1.82) is 0 Å². The van der Waals surface area contributed by atoms with E-state index in [-0.39, 0.29) is 11.5 Å². The first kappa shape index (κ1) is 16.4. The average molecular weight is 329 g/mol. The van der Waals surface area contributed by atoms with Crippen molar-refractivity contribution in [2.45, 2.75) is 6.54 Å². The monoisotopic (exact) mass is 329 g/mol. The summed E-state index contributed by atoms with van der Waals surface area (Å²) in [6.07, 6.45) is 1.78. The van der Waals surface area contributed by atoms with Crippen molar-refractivity contribution >= 4 is 5.91 Å². The zero-order valence-electron chi connectivity index (χ0n) is 13.6. The molecule has 0 radical (unpaired) electrons. The molecule has 0 spiro atoms. The van der Waals surface area contributed by atoms with Crippen LogP contribution in [0.25, 0.3) is 0 Å². The lowest BCUT2D eigenvalue weighted by molar-refractivity contribution is 0.0623. The molecule has 5 nitrogen and oxygen atoms in total. The average Bonchev–Trinajstić information content (AvgIpc) is 2.62. The minimum Gasteiger partial charge on any atom is -0.496 e. The lowest BCUT2D eigenvalue weighted by atomic mass is 10.1. The van der Waals surface area contributed by atoms with Crippen molar-refractivity contribution in [2.24, 2.45) is 0 Å². The number of methoxy groups -OCH3 is 1. The van der Waals surface area contributed by atoms with Gasteiger partial charge in [-0.15, -0.1) is 0 Å². The minimum atomic E-state index is -0.437. The molecule has 6 heteroatoms. The largest absolute Gasteiger partial charge is 0.496 e. The maximum atomic E-state index is 13.5. The molecule has 1 fully saturated rings. The topological polar surface area (TPSA) is 45.7 Å². The highest BCUT2D eigenvalue weighted by Gasteiger charge is 2.24. The van der Waals surface area contributed by atoms with Gasteiger partial charge < -0.3 is 9.64 Å². The van der Waals surface area contributed by atoms with Crippen molar-refractivity contribution < 1.29 is 13.9 Å². The summed E-state index contributed by atoms with van der Waals surface area (Å²) in [5.41, 5.74) is 1.29. The molecule has 1 aliphatic heterocycles. The van der Waals surface area contributed by atoms with Crippen molar-refractivity contribution in [1.82, 2.24) is 14.8 Å². The van der Waals surface area contributed by atoms with E-state index in [1.165, 1.54) is 25.3 Å². The summed E-state index contributed by atoms with van der Waals surface area (Å²) in [5.74, 6) is -0.228. The van der Waals surface area contributed by atoms with Gasteiger partial charge in [-0.2, -0.15) is 0 Å². The number of halogens is 1. The summed E-state index contributed by atoms with van der Waals surface area (Å²) >= 11 is 0. The quantitative estimate of drug-likeness (QED) is 0.863. The molecule has 126 valence electrons. The van der Waals surface area contributed by atoms with Gasteiger partial charge in [-0.05, 0) is 30.3 Å². The Labute approximate surface area is 140 Å². The Kier molecular flexibility index (Phi) is 5.05. The number of amides is 1. The predicted octanol–water partition coefficient (Wildman–Crippen LogP) is 2.19. The summed E-state index contributed by atoms with van der Waals surface area (Å²) in [7, 11) is 1.48. The molecule has 2 heterocycles. The Morgan fingerprint density at radius 3 is 2.67 bits per heavy atom. The van der Waals surface area contributed by atoms with E-state index in [0.717, 1.165) is 25.3 Å². The molecule has 1 aromatic carbocycles. The van der Waals surface area contributed by atoms with Gasteiger partial charge in [-0.1, -0.05) is 6.07 Å². The van der Waals surface area contributed by atoms with Crippen LogP contribution in [-0.2, 0) is 6.54 Å². The van der Waals surface area contributed by atoms with Crippen LogP contribution in [0.3, 0.4) is 0 Å². The van der Waals surface area contributed by atoms with E-state index in [1.54, 1.807) is 11.1 Å². The van der Waals surface area contributed by atoms with Gasteiger partial charge in [-0.25, -0.2) is 4.39 Å². The van der Waals surface area contributed by atoms with Crippen LogP contribution in [0.5, 0.6) is 5.75 Å². The van der Waals surface area contributed by atoms with Gasteiger partial charge in [0.2, 0.25) is 0 Å². The molecule has 1 aliphatic rings. The van der Waals surface area contributed by atoms with Crippen molar-refractivity contribution in [2.75, 3.05) is 33.3 Å². The van der Waals surface area contributed by atoms with E-state index in [4.69, 9.17) is 4.74 Å². The molecule has 2 aromatic rings. The number of ether oxygens (including phenoxy) is 1. The summed E-state index contributed by atoms with van der Waals surface area (Å²) in [6.45, 7) is 3.50.